The van der Waals surface area contributed by atoms with Gasteiger partial charge in [-0.15, -0.1) is 0 Å². The Morgan fingerprint density at radius 3 is 2.75 bits per heavy atom. The number of rotatable bonds is 5. The summed E-state index contributed by atoms with van der Waals surface area (Å²) in [6.45, 7) is 2.79. The molecule has 1 saturated heterocycles. The fourth-order valence-corrected chi connectivity index (χ4v) is 2.21. The Bertz CT molecular complexity index is 253. The van der Waals surface area contributed by atoms with E-state index < -0.39 is 5.97 Å². The van der Waals surface area contributed by atoms with Gasteiger partial charge >= 0.3 is 5.97 Å². The Morgan fingerprint density at radius 1 is 1.38 bits per heavy atom. The number of carbonyl (C=O) groups is 2. The van der Waals surface area contributed by atoms with Crippen molar-refractivity contribution < 1.29 is 14.7 Å². The first-order valence-corrected chi connectivity index (χ1v) is 6.16. The molecular weight excluding hydrogens is 206 g/mol. The summed E-state index contributed by atoms with van der Waals surface area (Å²) in [5.74, 6) is -0.673. The van der Waals surface area contributed by atoms with Crippen LogP contribution >= 0.6 is 0 Å². The molecule has 1 heterocycles. The lowest BCUT2D eigenvalue weighted by molar-refractivity contribution is -0.141. The molecule has 1 unspecified atom stereocenters. The minimum atomic E-state index is -0.805. The quantitative estimate of drug-likeness (QED) is 0.781. The van der Waals surface area contributed by atoms with E-state index in [1.54, 1.807) is 4.90 Å². The van der Waals surface area contributed by atoms with Crippen LogP contribution in [0, 0.1) is 0 Å². The molecule has 1 rings (SSSR count). The molecule has 4 nitrogen and oxygen atoms in total. The predicted octanol–water partition coefficient (Wildman–Crippen LogP) is 2.03. The molecule has 16 heavy (non-hydrogen) atoms. The number of carbonyl (C=O) groups excluding carboxylic acids is 1. The number of aliphatic carboxylic acids is 1. The lowest BCUT2D eigenvalue weighted by atomic mass is 9.98. The molecule has 0 spiro atoms. The van der Waals surface area contributed by atoms with Gasteiger partial charge in [0.2, 0.25) is 5.91 Å². The molecule has 0 aliphatic carbocycles. The maximum atomic E-state index is 11.9. The van der Waals surface area contributed by atoms with Crippen LogP contribution in [0.4, 0.5) is 0 Å². The van der Waals surface area contributed by atoms with Gasteiger partial charge in [0.05, 0.1) is 6.42 Å². The maximum Gasteiger partial charge on any atom is 0.305 e. The van der Waals surface area contributed by atoms with Crippen molar-refractivity contribution in [2.45, 2.75) is 57.9 Å². The highest BCUT2D eigenvalue weighted by atomic mass is 16.4. The summed E-state index contributed by atoms with van der Waals surface area (Å²) in [5.41, 5.74) is 0. The Hall–Kier alpha value is -1.06. The largest absolute Gasteiger partial charge is 0.481 e. The number of hydrogen-bond acceptors (Lipinski definition) is 2. The summed E-state index contributed by atoms with van der Waals surface area (Å²) < 4.78 is 0. The molecule has 1 N–H and O–H groups in total. The third-order valence-electron chi connectivity index (χ3n) is 3.10. The minimum absolute atomic E-state index is 0.0735. The number of carboxylic acid groups (broad SMARTS) is 1. The second kappa shape index (κ2) is 6.51. The van der Waals surface area contributed by atoms with Gasteiger partial charge in [-0.1, -0.05) is 13.3 Å². The van der Waals surface area contributed by atoms with Crippen molar-refractivity contribution in [3.8, 4) is 0 Å². The van der Waals surface area contributed by atoms with Gasteiger partial charge in [0.25, 0.3) is 0 Å². The zero-order valence-corrected chi connectivity index (χ0v) is 9.95. The smallest absolute Gasteiger partial charge is 0.305 e. The van der Waals surface area contributed by atoms with Crippen molar-refractivity contribution >= 4 is 11.9 Å². The highest BCUT2D eigenvalue weighted by molar-refractivity contribution is 5.77. The van der Waals surface area contributed by atoms with Crippen molar-refractivity contribution in [1.29, 1.82) is 0 Å². The van der Waals surface area contributed by atoms with E-state index in [1.807, 2.05) is 0 Å². The van der Waals surface area contributed by atoms with E-state index in [9.17, 15) is 9.59 Å². The summed E-state index contributed by atoms with van der Waals surface area (Å²) in [5, 5.41) is 8.80. The van der Waals surface area contributed by atoms with Crippen LogP contribution in [0.2, 0.25) is 0 Å². The van der Waals surface area contributed by atoms with Crippen LogP contribution in [-0.4, -0.2) is 34.5 Å². The summed E-state index contributed by atoms with van der Waals surface area (Å²) in [6.07, 6.45) is 5.44. The zero-order chi connectivity index (χ0) is 12.0. The van der Waals surface area contributed by atoms with Crippen LogP contribution in [0.25, 0.3) is 0 Å². The van der Waals surface area contributed by atoms with E-state index in [1.165, 1.54) is 0 Å². The Morgan fingerprint density at radius 2 is 2.12 bits per heavy atom. The first-order chi connectivity index (χ1) is 7.65. The fraction of sp³-hybridized carbons (Fsp3) is 0.833. The Balaban J connectivity index is 2.51. The topological polar surface area (TPSA) is 57.6 Å². The fourth-order valence-electron chi connectivity index (χ4n) is 2.21. The molecule has 0 aromatic carbocycles. The lowest BCUT2D eigenvalue weighted by Gasteiger charge is -2.35. The normalized spacial score (nSPS) is 20.8. The van der Waals surface area contributed by atoms with E-state index in [-0.39, 0.29) is 18.4 Å². The van der Waals surface area contributed by atoms with E-state index in [4.69, 9.17) is 5.11 Å². The average Bonchev–Trinajstić information content (AvgIpc) is 2.26. The summed E-state index contributed by atoms with van der Waals surface area (Å²) >= 11 is 0. The molecule has 1 aliphatic rings. The van der Waals surface area contributed by atoms with Gasteiger partial charge in [0.15, 0.2) is 0 Å². The van der Waals surface area contributed by atoms with Crippen molar-refractivity contribution in [2.24, 2.45) is 0 Å². The van der Waals surface area contributed by atoms with Gasteiger partial charge in [-0.3, -0.25) is 9.59 Å². The molecular formula is C12H21NO3. The van der Waals surface area contributed by atoms with Crippen molar-refractivity contribution in [3.05, 3.63) is 0 Å². The molecule has 1 aliphatic heterocycles. The third kappa shape index (κ3) is 3.83. The number of amides is 1. The number of carboxylic acids is 1. The van der Waals surface area contributed by atoms with Crippen LogP contribution in [-0.2, 0) is 9.59 Å². The highest BCUT2D eigenvalue weighted by Crippen LogP contribution is 2.21. The van der Waals surface area contributed by atoms with E-state index in [2.05, 4.69) is 6.92 Å². The zero-order valence-electron chi connectivity index (χ0n) is 9.95. The Labute approximate surface area is 96.6 Å². The van der Waals surface area contributed by atoms with Gasteiger partial charge in [-0.2, -0.15) is 0 Å². The molecule has 1 fully saturated rings. The van der Waals surface area contributed by atoms with E-state index in [0.717, 1.165) is 38.6 Å². The molecule has 4 heteroatoms. The van der Waals surface area contributed by atoms with Crippen LogP contribution in [0.5, 0.6) is 0 Å². The van der Waals surface area contributed by atoms with Gasteiger partial charge in [-0.25, -0.2) is 0 Å². The van der Waals surface area contributed by atoms with Crippen LogP contribution in [0.1, 0.15) is 51.9 Å². The molecule has 0 aromatic rings. The number of likely N-dealkylation sites (tertiary alicyclic amines) is 1. The van der Waals surface area contributed by atoms with Gasteiger partial charge in [-0.05, 0) is 25.7 Å². The van der Waals surface area contributed by atoms with Crippen molar-refractivity contribution in [3.63, 3.8) is 0 Å². The molecule has 1 atom stereocenters. The number of hydrogen-bond donors (Lipinski definition) is 1. The van der Waals surface area contributed by atoms with Crippen LogP contribution in [0.15, 0.2) is 0 Å². The van der Waals surface area contributed by atoms with Gasteiger partial charge in [0.1, 0.15) is 0 Å². The summed E-state index contributed by atoms with van der Waals surface area (Å²) in [7, 11) is 0. The molecule has 0 radical (unpaired) electrons. The average molecular weight is 227 g/mol. The Kier molecular flexibility index (Phi) is 5.29. The lowest BCUT2D eigenvalue weighted by Crippen LogP contribution is -2.44. The van der Waals surface area contributed by atoms with E-state index in [0.29, 0.717) is 6.42 Å². The molecule has 0 aromatic heterocycles. The first kappa shape index (κ1) is 13.0. The molecule has 1 amide bonds. The van der Waals surface area contributed by atoms with Gasteiger partial charge < -0.3 is 10.0 Å². The number of unbranched alkanes of at least 4 members (excludes halogenated alkanes) is 1. The second-order valence-electron chi connectivity index (χ2n) is 4.44. The second-order valence-corrected chi connectivity index (χ2v) is 4.44. The SMILES string of the molecule is CCCCC(=O)N1CCCCC1CC(=O)O. The van der Waals surface area contributed by atoms with Crippen molar-refractivity contribution in [2.75, 3.05) is 6.54 Å². The first-order valence-electron chi connectivity index (χ1n) is 6.16. The van der Waals surface area contributed by atoms with Crippen molar-refractivity contribution in [1.82, 2.24) is 4.90 Å². The number of piperidine rings is 1. The highest BCUT2D eigenvalue weighted by Gasteiger charge is 2.27. The third-order valence-corrected chi connectivity index (χ3v) is 3.10. The minimum Gasteiger partial charge on any atom is -0.481 e. The predicted molar refractivity (Wildman–Crippen MR) is 61.1 cm³/mol. The van der Waals surface area contributed by atoms with Crippen LogP contribution < -0.4 is 0 Å². The summed E-state index contributed by atoms with van der Waals surface area (Å²) in [6, 6.07) is -0.0735. The molecule has 92 valence electrons. The summed E-state index contributed by atoms with van der Waals surface area (Å²) in [4.78, 5) is 24.4. The maximum absolute atomic E-state index is 11.9. The van der Waals surface area contributed by atoms with Crippen LogP contribution in [0.3, 0.4) is 0 Å². The standard InChI is InChI=1S/C12H21NO3/c1-2-3-7-11(14)13-8-5-4-6-10(13)9-12(15)16/h10H,2-9H2,1H3,(H,15,16). The monoisotopic (exact) mass is 227 g/mol. The molecule has 0 bridgehead atoms. The van der Waals surface area contributed by atoms with E-state index >= 15 is 0 Å². The number of nitrogens with zero attached hydrogens (tertiary/aromatic N) is 1. The van der Waals surface area contributed by atoms with Gasteiger partial charge in [0, 0.05) is 19.0 Å². The molecule has 0 saturated carbocycles.